The van der Waals surface area contributed by atoms with Crippen LogP contribution in [0.1, 0.15) is 41.6 Å². The number of carbonyl (C=O) groups excluding carboxylic acids is 1. The third-order valence-electron chi connectivity index (χ3n) is 7.19. The van der Waals surface area contributed by atoms with Gasteiger partial charge in [-0.3, -0.25) is 4.79 Å². The summed E-state index contributed by atoms with van der Waals surface area (Å²) in [6.45, 7) is 0.131. The Labute approximate surface area is 253 Å². The molecule has 5 rings (SSSR count). The van der Waals surface area contributed by atoms with Crippen LogP contribution in [0.2, 0.25) is 0 Å². The molecular weight excluding hydrogens is 589 g/mol. The Morgan fingerprint density at radius 3 is 2.25 bits per heavy atom. The fraction of sp³-hybridized carbons (Fsp3) is 0.219. The van der Waals surface area contributed by atoms with Crippen molar-refractivity contribution in [1.82, 2.24) is 9.71 Å². The number of pyridine rings is 1. The summed E-state index contributed by atoms with van der Waals surface area (Å²) in [5.74, 6) is -0.693. The van der Waals surface area contributed by atoms with Crippen LogP contribution in [0.15, 0.2) is 96.0 Å². The molecule has 0 saturated heterocycles. The van der Waals surface area contributed by atoms with E-state index in [1.54, 1.807) is 48.5 Å². The highest BCUT2D eigenvalue weighted by molar-refractivity contribution is 7.89. The van der Waals surface area contributed by atoms with Crippen LogP contribution < -0.4 is 19.5 Å². The molecule has 0 aliphatic heterocycles. The van der Waals surface area contributed by atoms with Crippen molar-refractivity contribution >= 4 is 27.6 Å². The smallest absolute Gasteiger partial charge is 0.337 e. The number of nitrogens with zero attached hydrogens (tertiary/aromatic N) is 1. The van der Waals surface area contributed by atoms with E-state index in [1.165, 1.54) is 30.5 Å². The van der Waals surface area contributed by atoms with Crippen LogP contribution in [-0.2, 0) is 21.2 Å². The lowest BCUT2D eigenvalue weighted by Crippen LogP contribution is -2.50. The number of carbonyl (C=O) groups is 2. The molecule has 0 bridgehead atoms. The monoisotopic (exact) mass is 619 g/mol. The van der Waals surface area contributed by atoms with Crippen LogP contribution >= 0.6 is 0 Å². The number of aromatic nitrogens is 1. The van der Waals surface area contributed by atoms with Crippen molar-refractivity contribution in [3.8, 4) is 17.4 Å². The van der Waals surface area contributed by atoms with Gasteiger partial charge in [-0.2, -0.15) is 0 Å². The van der Waals surface area contributed by atoms with Crippen LogP contribution in [0.5, 0.6) is 17.4 Å². The van der Waals surface area contributed by atoms with Gasteiger partial charge in [-0.25, -0.2) is 27.3 Å². The van der Waals surface area contributed by atoms with Crippen LogP contribution in [0.3, 0.4) is 0 Å². The lowest BCUT2D eigenvalue weighted by atomic mass is 10.0. The topological polar surface area (TPSA) is 144 Å². The highest BCUT2D eigenvalue weighted by Crippen LogP contribution is 2.33. The summed E-state index contributed by atoms with van der Waals surface area (Å²) in [5.41, 5.74) is 0.0611. The largest absolute Gasteiger partial charge is 0.492 e. The minimum atomic E-state index is -3.86. The predicted molar refractivity (Wildman–Crippen MR) is 160 cm³/mol. The molecule has 0 spiro atoms. The SMILES string of the molecule is O=C(Cc1ccc(Oc2ccc(OCC3(NS(=O)(=O)c4ccc(F)cc4)CCCC3)cc2)nc1)Nc1ccccc1C(=O)O. The number of benzene rings is 3. The Kier molecular flexibility index (Phi) is 9.21. The number of sulfonamides is 1. The van der Waals surface area contributed by atoms with E-state index in [-0.39, 0.29) is 35.1 Å². The molecule has 3 aromatic carbocycles. The summed E-state index contributed by atoms with van der Waals surface area (Å²) >= 11 is 0. The van der Waals surface area contributed by atoms with E-state index in [4.69, 9.17) is 9.47 Å². The number of hydrogen-bond donors (Lipinski definition) is 3. The van der Waals surface area contributed by atoms with Crippen molar-refractivity contribution in [3.05, 3.63) is 108 Å². The lowest BCUT2D eigenvalue weighted by molar-refractivity contribution is -0.115. The molecule has 1 aliphatic carbocycles. The van der Waals surface area contributed by atoms with Crippen LogP contribution in [0, 0.1) is 5.82 Å². The first kappa shape index (κ1) is 30.6. The molecule has 4 aromatic rings. The maximum atomic E-state index is 13.3. The minimum absolute atomic E-state index is 0.00176. The molecule has 1 heterocycles. The summed E-state index contributed by atoms with van der Waals surface area (Å²) in [6, 6.07) is 21.0. The molecule has 10 nitrogen and oxygen atoms in total. The number of carboxylic acid groups (broad SMARTS) is 1. The number of ether oxygens (including phenoxy) is 2. The summed E-state index contributed by atoms with van der Waals surface area (Å²) in [4.78, 5) is 28.0. The number of halogens is 1. The Balaban J connectivity index is 1.14. The molecule has 12 heteroatoms. The zero-order valence-corrected chi connectivity index (χ0v) is 24.3. The average molecular weight is 620 g/mol. The Bertz CT molecular complexity index is 1720. The van der Waals surface area contributed by atoms with Crippen molar-refractivity contribution < 1.29 is 37.0 Å². The standard InChI is InChI=1S/C32H30FN3O7S/c33-23-8-14-26(15-9-23)44(40,41)36-32(17-3-4-18-32)21-42-24-10-12-25(13-11-24)43-30-16-7-22(20-34-30)19-29(37)35-28-6-2-1-5-27(28)31(38)39/h1-2,5-16,20,36H,3-4,17-19,21H2,(H,35,37)(H,38,39). The van der Waals surface area contributed by atoms with Gasteiger partial charge in [-0.1, -0.05) is 31.0 Å². The van der Waals surface area contributed by atoms with Gasteiger partial charge in [0, 0.05) is 12.3 Å². The Morgan fingerprint density at radius 2 is 1.59 bits per heavy atom. The summed E-state index contributed by atoms with van der Waals surface area (Å²) < 4.78 is 53.8. The zero-order valence-electron chi connectivity index (χ0n) is 23.5. The molecule has 3 N–H and O–H groups in total. The number of rotatable bonds is 12. The number of nitrogens with one attached hydrogen (secondary N) is 2. The van der Waals surface area contributed by atoms with Gasteiger partial charge in [0.05, 0.1) is 28.1 Å². The molecule has 1 saturated carbocycles. The van der Waals surface area contributed by atoms with E-state index >= 15 is 0 Å². The quantitative estimate of drug-likeness (QED) is 0.187. The normalized spacial score (nSPS) is 14.1. The highest BCUT2D eigenvalue weighted by atomic mass is 32.2. The highest BCUT2D eigenvalue weighted by Gasteiger charge is 2.39. The first-order valence-electron chi connectivity index (χ1n) is 13.9. The van der Waals surface area contributed by atoms with Gasteiger partial charge < -0.3 is 19.9 Å². The number of anilines is 1. The summed E-state index contributed by atoms with van der Waals surface area (Å²) in [7, 11) is -3.86. The van der Waals surface area contributed by atoms with Gasteiger partial charge in [0.1, 0.15) is 23.9 Å². The van der Waals surface area contributed by atoms with Gasteiger partial charge in [-0.05, 0) is 79.1 Å². The van der Waals surface area contributed by atoms with Gasteiger partial charge in [0.25, 0.3) is 0 Å². The van der Waals surface area contributed by atoms with Gasteiger partial charge in [-0.15, -0.1) is 0 Å². The van der Waals surface area contributed by atoms with E-state index in [9.17, 15) is 27.5 Å². The van der Waals surface area contributed by atoms with Gasteiger partial charge >= 0.3 is 5.97 Å². The third kappa shape index (κ3) is 7.77. The Morgan fingerprint density at radius 1 is 0.909 bits per heavy atom. The van der Waals surface area contributed by atoms with Crippen molar-refractivity contribution in [2.45, 2.75) is 42.5 Å². The minimum Gasteiger partial charge on any atom is -0.492 e. The number of hydrogen-bond acceptors (Lipinski definition) is 7. The molecule has 1 amide bonds. The van der Waals surface area contributed by atoms with Gasteiger partial charge in [0.15, 0.2) is 0 Å². The van der Waals surface area contributed by atoms with Crippen LogP contribution in [-0.4, -0.2) is 42.5 Å². The second kappa shape index (κ2) is 13.2. The predicted octanol–water partition coefficient (Wildman–Crippen LogP) is 5.56. The van der Waals surface area contributed by atoms with Gasteiger partial charge in [0.2, 0.25) is 21.8 Å². The molecule has 1 aromatic heterocycles. The second-order valence-electron chi connectivity index (χ2n) is 10.5. The van der Waals surface area contributed by atoms with Crippen LogP contribution in [0.4, 0.5) is 10.1 Å². The fourth-order valence-electron chi connectivity index (χ4n) is 4.97. The average Bonchev–Trinajstić information content (AvgIpc) is 3.46. The van der Waals surface area contributed by atoms with Crippen LogP contribution in [0.25, 0.3) is 0 Å². The number of carboxylic acids is 1. The molecule has 0 radical (unpaired) electrons. The zero-order chi connectivity index (χ0) is 31.2. The molecule has 44 heavy (non-hydrogen) atoms. The third-order valence-corrected chi connectivity index (χ3v) is 8.79. The fourth-order valence-corrected chi connectivity index (χ4v) is 6.41. The summed E-state index contributed by atoms with van der Waals surface area (Å²) in [5, 5.41) is 11.9. The molecule has 0 atom stereocenters. The van der Waals surface area contributed by atoms with E-state index in [0.29, 0.717) is 35.8 Å². The van der Waals surface area contributed by atoms with E-state index in [1.807, 2.05) is 0 Å². The van der Waals surface area contributed by atoms with Crippen molar-refractivity contribution in [2.75, 3.05) is 11.9 Å². The first-order chi connectivity index (χ1) is 21.1. The van der Waals surface area contributed by atoms with Crippen molar-refractivity contribution in [3.63, 3.8) is 0 Å². The maximum absolute atomic E-state index is 13.3. The molecule has 228 valence electrons. The number of para-hydroxylation sites is 1. The molecule has 1 aliphatic rings. The number of aromatic carboxylic acids is 1. The van der Waals surface area contributed by atoms with Crippen molar-refractivity contribution in [1.29, 1.82) is 0 Å². The van der Waals surface area contributed by atoms with E-state index < -0.39 is 27.3 Å². The molecule has 1 fully saturated rings. The van der Waals surface area contributed by atoms with E-state index in [2.05, 4.69) is 15.0 Å². The Hall–Kier alpha value is -4.81. The number of amides is 1. The summed E-state index contributed by atoms with van der Waals surface area (Å²) in [6.07, 6.45) is 4.45. The first-order valence-corrected chi connectivity index (χ1v) is 15.4. The van der Waals surface area contributed by atoms with Crippen molar-refractivity contribution in [2.24, 2.45) is 0 Å². The maximum Gasteiger partial charge on any atom is 0.337 e. The molecular formula is C32H30FN3O7S. The lowest BCUT2D eigenvalue weighted by Gasteiger charge is -2.30. The van der Waals surface area contributed by atoms with E-state index in [0.717, 1.165) is 25.0 Å². The second-order valence-corrected chi connectivity index (χ2v) is 12.2. The molecule has 0 unspecified atom stereocenters.